The van der Waals surface area contributed by atoms with Gasteiger partial charge in [0, 0.05) is 12.1 Å². The monoisotopic (exact) mass is 313 g/mol. The molecule has 1 aliphatic heterocycles. The average Bonchev–Trinajstić information content (AvgIpc) is 2.60. The molecule has 0 unspecified atom stereocenters. The molecule has 1 N–H and O–H groups in total. The van der Waals surface area contributed by atoms with E-state index < -0.39 is 0 Å². The summed E-state index contributed by atoms with van der Waals surface area (Å²) in [6.45, 7) is 3.44. The predicted molar refractivity (Wildman–Crippen MR) is 86.3 cm³/mol. The Labute approximate surface area is 135 Å². The molecule has 0 saturated heterocycles. The number of benzene rings is 2. The number of hydrogen-bond acceptors (Lipinski definition) is 4. The highest BCUT2D eigenvalue weighted by molar-refractivity contribution is 5.95. The van der Waals surface area contributed by atoms with Crippen molar-refractivity contribution in [1.82, 2.24) is 5.32 Å². The fourth-order valence-corrected chi connectivity index (χ4v) is 2.39. The topological polar surface area (TPSA) is 56.8 Å². The summed E-state index contributed by atoms with van der Waals surface area (Å²) in [5.41, 5.74) is 2.73. The van der Waals surface area contributed by atoms with Crippen molar-refractivity contribution in [3.63, 3.8) is 0 Å². The number of methoxy groups -OCH3 is 1. The van der Waals surface area contributed by atoms with Gasteiger partial charge in [-0.3, -0.25) is 4.79 Å². The standard InChI is InChI=1S/C18H19NO4/c1-12-3-5-13(6-4-12)11-19-18(20)14-9-15(21-2)17-16(10-14)22-7-8-23-17/h3-6,9-10H,7-8,11H2,1-2H3,(H,19,20). The molecule has 2 aromatic rings. The van der Waals surface area contributed by atoms with Crippen molar-refractivity contribution in [3.05, 3.63) is 53.1 Å². The third-order valence-electron chi connectivity index (χ3n) is 3.66. The Morgan fingerprint density at radius 2 is 1.91 bits per heavy atom. The van der Waals surface area contributed by atoms with Crippen LogP contribution in [0.4, 0.5) is 0 Å². The van der Waals surface area contributed by atoms with Crippen molar-refractivity contribution in [3.8, 4) is 17.2 Å². The summed E-state index contributed by atoms with van der Waals surface area (Å²) >= 11 is 0. The minimum Gasteiger partial charge on any atom is -0.493 e. The highest BCUT2D eigenvalue weighted by Gasteiger charge is 2.20. The lowest BCUT2D eigenvalue weighted by Crippen LogP contribution is -2.23. The number of nitrogens with one attached hydrogen (secondary N) is 1. The second-order valence-electron chi connectivity index (χ2n) is 5.37. The van der Waals surface area contributed by atoms with Crippen molar-refractivity contribution < 1.29 is 19.0 Å². The van der Waals surface area contributed by atoms with E-state index in [9.17, 15) is 4.79 Å². The predicted octanol–water partition coefficient (Wildman–Crippen LogP) is 2.70. The number of fused-ring (bicyclic) bond motifs is 1. The molecule has 0 spiro atoms. The maximum absolute atomic E-state index is 12.4. The van der Waals surface area contributed by atoms with E-state index in [0.29, 0.717) is 42.6 Å². The Hall–Kier alpha value is -2.69. The molecule has 2 aromatic carbocycles. The highest BCUT2D eigenvalue weighted by atomic mass is 16.6. The molecule has 0 bridgehead atoms. The van der Waals surface area contributed by atoms with Crippen molar-refractivity contribution in [2.75, 3.05) is 20.3 Å². The molecular formula is C18H19NO4. The van der Waals surface area contributed by atoms with E-state index in [0.717, 1.165) is 5.56 Å². The van der Waals surface area contributed by atoms with Crippen LogP contribution in [0.3, 0.4) is 0 Å². The zero-order valence-corrected chi connectivity index (χ0v) is 13.2. The Bertz CT molecular complexity index is 692. The van der Waals surface area contributed by atoms with Gasteiger partial charge in [0.2, 0.25) is 5.75 Å². The SMILES string of the molecule is COc1cc(C(=O)NCc2ccc(C)cc2)cc2c1OCCO2. The first-order chi connectivity index (χ1) is 11.2. The van der Waals surface area contributed by atoms with Gasteiger partial charge in [-0.1, -0.05) is 29.8 Å². The van der Waals surface area contributed by atoms with Crippen LogP contribution >= 0.6 is 0 Å². The quantitative estimate of drug-likeness (QED) is 0.943. The Kier molecular flexibility index (Phi) is 4.37. The first-order valence-corrected chi connectivity index (χ1v) is 7.49. The van der Waals surface area contributed by atoms with Gasteiger partial charge in [-0.25, -0.2) is 0 Å². The molecule has 23 heavy (non-hydrogen) atoms. The number of ether oxygens (including phenoxy) is 3. The van der Waals surface area contributed by atoms with Crippen LogP contribution in [-0.2, 0) is 6.54 Å². The molecule has 0 radical (unpaired) electrons. The number of amides is 1. The van der Waals surface area contributed by atoms with Gasteiger partial charge in [0.25, 0.3) is 5.91 Å². The number of aryl methyl sites for hydroxylation is 1. The van der Waals surface area contributed by atoms with Crippen LogP contribution in [0.25, 0.3) is 0 Å². The first kappa shape index (κ1) is 15.2. The third-order valence-corrected chi connectivity index (χ3v) is 3.66. The van der Waals surface area contributed by atoms with Crippen LogP contribution in [0.15, 0.2) is 36.4 Å². The average molecular weight is 313 g/mol. The minimum atomic E-state index is -0.180. The van der Waals surface area contributed by atoms with Crippen LogP contribution in [0.5, 0.6) is 17.2 Å². The number of carbonyl (C=O) groups is 1. The van der Waals surface area contributed by atoms with E-state index in [2.05, 4.69) is 5.32 Å². The van der Waals surface area contributed by atoms with Gasteiger partial charge in [0.05, 0.1) is 7.11 Å². The number of carbonyl (C=O) groups excluding carboxylic acids is 1. The first-order valence-electron chi connectivity index (χ1n) is 7.49. The molecule has 120 valence electrons. The fourth-order valence-electron chi connectivity index (χ4n) is 2.39. The summed E-state index contributed by atoms with van der Waals surface area (Å²) in [6.07, 6.45) is 0. The van der Waals surface area contributed by atoms with Crippen molar-refractivity contribution >= 4 is 5.91 Å². The van der Waals surface area contributed by atoms with Gasteiger partial charge >= 0.3 is 0 Å². The Balaban J connectivity index is 1.75. The summed E-state index contributed by atoms with van der Waals surface area (Å²) in [5, 5.41) is 2.90. The molecule has 1 heterocycles. The fraction of sp³-hybridized carbons (Fsp3) is 0.278. The summed E-state index contributed by atoms with van der Waals surface area (Å²) in [5.74, 6) is 1.41. The number of rotatable bonds is 4. The van der Waals surface area contributed by atoms with Crippen molar-refractivity contribution in [2.24, 2.45) is 0 Å². The second-order valence-corrected chi connectivity index (χ2v) is 5.37. The summed E-state index contributed by atoms with van der Waals surface area (Å²) in [7, 11) is 1.54. The van der Waals surface area contributed by atoms with Crippen LogP contribution in [0.1, 0.15) is 21.5 Å². The molecule has 0 aliphatic carbocycles. The largest absolute Gasteiger partial charge is 0.493 e. The maximum Gasteiger partial charge on any atom is 0.251 e. The number of hydrogen-bond donors (Lipinski definition) is 1. The van der Waals surface area contributed by atoms with Gasteiger partial charge in [-0.05, 0) is 24.6 Å². The van der Waals surface area contributed by atoms with E-state index in [1.807, 2.05) is 31.2 Å². The maximum atomic E-state index is 12.4. The second kappa shape index (κ2) is 6.60. The van der Waals surface area contributed by atoms with E-state index in [4.69, 9.17) is 14.2 Å². The highest BCUT2D eigenvalue weighted by Crippen LogP contribution is 2.40. The Morgan fingerprint density at radius 1 is 1.17 bits per heavy atom. The van der Waals surface area contributed by atoms with Crippen LogP contribution < -0.4 is 19.5 Å². The normalized spacial score (nSPS) is 12.6. The van der Waals surface area contributed by atoms with E-state index in [-0.39, 0.29) is 5.91 Å². The molecule has 0 saturated carbocycles. The van der Waals surface area contributed by atoms with Gasteiger partial charge in [-0.15, -0.1) is 0 Å². The zero-order valence-electron chi connectivity index (χ0n) is 13.2. The van der Waals surface area contributed by atoms with Crippen LogP contribution in [0.2, 0.25) is 0 Å². The smallest absolute Gasteiger partial charge is 0.251 e. The molecule has 5 nitrogen and oxygen atoms in total. The molecule has 0 atom stereocenters. The van der Waals surface area contributed by atoms with Crippen LogP contribution in [0, 0.1) is 6.92 Å². The Morgan fingerprint density at radius 3 is 2.65 bits per heavy atom. The van der Waals surface area contributed by atoms with Crippen molar-refractivity contribution in [1.29, 1.82) is 0 Å². The zero-order chi connectivity index (χ0) is 16.2. The van der Waals surface area contributed by atoms with Gasteiger partial charge in [-0.2, -0.15) is 0 Å². The molecule has 0 aromatic heterocycles. The van der Waals surface area contributed by atoms with Gasteiger partial charge in [0.15, 0.2) is 11.5 Å². The molecule has 1 aliphatic rings. The lowest BCUT2D eigenvalue weighted by atomic mass is 10.1. The summed E-state index contributed by atoms with van der Waals surface area (Å²) in [6, 6.07) is 11.4. The molecule has 3 rings (SSSR count). The van der Waals surface area contributed by atoms with E-state index in [1.165, 1.54) is 5.56 Å². The van der Waals surface area contributed by atoms with E-state index >= 15 is 0 Å². The summed E-state index contributed by atoms with van der Waals surface area (Å²) in [4.78, 5) is 12.4. The molecular weight excluding hydrogens is 294 g/mol. The van der Waals surface area contributed by atoms with E-state index in [1.54, 1.807) is 19.2 Å². The van der Waals surface area contributed by atoms with Gasteiger partial charge in [0.1, 0.15) is 13.2 Å². The lowest BCUT2D eigenvalue weighted by Gasteiger charge is -2.21. The van der Waals surface area contributed by atoms with Gasteiger partial charge < -0.3 is 19.5 Å². The minimum absolute atomic E-state index is 0.180. The van der Waals surface area contributed by atoms with Crippen LogP contribution in [-0.4, -0.2) is 26.2 Å². The lowest BCUT2D eigenvalue weighted by molar-refractivity contribution is 0.0949. The molecule has 5 heteroatoms. The molecule has 0 fully saturated rings. The summed E-state index contributed by atoms with van der Waals surface area (Å²) < 4.78 is 16.4. The van der Waals surface area contributed by atoms with Crippen molar-refractivity contribution in [2.45, 2.75) is 13.5 Å². The third kappa shape index (κ3) is 3.39. The molecule has 1 amide bonds.